The second-order valence-corrected chi connectivity index (χ2v) is 0.577. The summed E-state index contributed by atoms with van der Waals surface area (Å²) in [6.45, 7) is 3.14. The van der Waals surface area contributed by atoms with Crippen LogP contribution in [0.25, 0.3) is 0 Å². The molecule has 0 aliphatic carbocycles. The largest absolute Gasteiger partial charge is 2.00 e. The molecule has 7 heavy (non-hydrogen) atoms. The van der Waals surface area contributed by atoms with E-state index < -0.39 is 0 Å². The molecule has 0 bridgehead atoms. The molecule has 0 saturated carbocycles. The minimum Gasteiger partial charge on any atom is -0.855 e. The molecule has 0 aromatic rings. The van der Waals surface area contributed by atoms with Crippen molar-refractivity contribution in [3.63, 3.8) is 0 Å². The van der Waals surface area contributed by atoms with Gasteiger partial charge in [0.2, 0.25) is 0 Å². The first kappa shape index (κ1) is 15.6. The molecular weight excluding hydrogens is 208 g/mol. The molecule has 3 heteroatoms. The predicted molar refractivity (Wildman–Crippen MR) is 26.8 cm³/mol. The molecule has 0 unspecified atom stereocenters. The second-order valence-electron chi connectivity index (χ2n) is 0.577. The van der Waals surface area contributed by atoms with Gasteiger partial charge in [0.25, 0.3) is 0 Å². The van der Waals surface area contributed by atoms with Gasteiger partial charge in [-0.2, -0.15) is 0 Å². The summed E-state index contributed by atoms with van der Waals surface area (Å²) in [5.74, 6) is 0. The van der Waals surface area contributed by atoms with Crippen molar-refractivity contribution in [1.82, 2.24) is 0 Å². The quantitative estimate of drug-likeness (QED) is 0.457. The third-order valence-corrected chi connectivity index (χ3v) is 0. The molecule has 0 spiro atoms. The van der Waals surface area contributed by atoms with Gasteiger partial charge < -0.3 is 10.2 Å². The van der Waals surface area contributed by atoms with E-state index in [1.807, 2.05) is 0 Å². The van der Waals surface area contributed by atoms with E-state index in [0.717, 1.165) is 0 Å². The van der Waals surface area contributed by atoms with Gasteiger partial charge in [0.1, 0.15) is 0 Å². The van der Waals surface area contributed by atoms with Crippen LogP contribution in [0.15, 0.2) is 0 Å². The van der Waals surface area contributed by atoms with Gasteiger partial charge in [0, 0.05) is 0 Å². The molecule has 44 valence electrons. The molecule has 0 aromatic carbocycles. The van der Waals surface area contributed by atoms with Crippen molar-refractivity contribution in [2.75, 3.05) is 13.2 Å². The Bertz CT molecular complexity index is 11.7. The van der Waals surface area contributed by atoms with E-state index in [-0.39, 0.29) is 36.9 Å². The summed E-state index contributed by atoms with van der Waals surface area (Å²) >= 11 is 0. The SMILES string of the molecule is CC[O-].CC[O-].[Te+2]. The molecule has 0 N–H and O–H groups in total. The van der Waals surface area contributed by atoms with Crippen LogP contribution in [0.5, 0.6) is 0 Å². The standard InChI is InChI=1S/2C2H5O.Te/c2*1-2-3;/h2*2H2,1H3;/q2*-1;+2. The van der Waals surface area contributed by atoms with Crippen LogP contribution in [0.1, 0.15) is 13.8 Å². The fourth-order valence-electron chi connectivity index (χ4n) is 0. The zero-order valence-corrected chi connectivity index (χ0v) is 6.97. The minimum absolute atomic E-state index is 0. The second kappa shape index (κ2) is 29.8. The Balaban J connectivity index is -0.0000000400. The van der Waals surface area contributed by atoms with E-state index in [1.54, 1.807) is 13.8 Å². The maximum Gasteiger partial charge on any atom is 2.00 e. The van der Waals surface area contributed by atoms with E-state index >= 15 is 0 Å². The van der Waals surface area contributed by atoms with E-state index in [1.165, 1.54) is 0 Å². The summed E-state index contributed by atoms with van der Waals surface area (Å²) in [7, 11) is 0. The maximum atomic E-state index is 8.93. The monoisotopic (exact) mass is 220 g/mol. The van der Waals surface area contributed by atoms with E-state index in [9.17, 15) is 0 Å². The molecule has 2 nitrogen and oxygen atoms in total. The van der Waals surface area contributed by atoms with Crippen LogP contribution in [-0.2, 0) is 0 Å². The Labute approximate surface area is 61.3 Å². The van der Waals surface area contributed by atoms with E-state index in [0.29, 0.717) is 0 Å². The third kappa shape index (κ3) is 296. The van der Waals surface area contributed by atoms with Crippen molar-refractivity contribution < 1.29 is 10.2 Å². The first-order valence-corrected chi connectivity index (χ1v) is 1.99. The Morgan fingerprint density at radius 1 is 1.00 bits per heavy atom. The predicted octanol–water partition coefficient (Wildman–Crippen LogP) is -1.65. The van der Waals surface area contributed by atoms with Crippen LogP contribution < -0.4 is 10.2 Å². The molecule has 0 aliphatic rings. The Hall–Kier alpha value is 0.710. The minimum atomic E-state index is 0. The fourth-order valence-corrected chi connectivity index (χ4v) is 0. The van der Waals surface area contributed by atoms with Crippen LogP contribution in [-0.4, -0.2) is 36.9 Å². The zero-order valence-electron chi connectivity index (χ0n) is 4.64. The normalized spacial score (nSPS) is 5.14. The van der Waals surface area contributed by atoms with Crippen LogP contribution in [0.3, 0.4) is 0 Å². The van der Waals surface area contributed by atoms with E-state index in [4.69, 9.17) is 10.2 Å². The summed E-state index contributed by atoms with van der Waals surface area (Å²) in [5, 5.41) is 17.9. The summed E-state index contributed by atoms with van der Waals surface area (Å²) in [5.41, 5.74) is 0. The van der Waals surface area contributed by atoms with E-state index in [2.05, 4.69) is 0 Å². The summed E-state index contributed by atoms with van der Waals surface area (Å²) < 4.78 is 0. The van der Waals surface area contributed by atoms with Crippen LogP contribution in [0.2, 0.25) is 0 Å². The average molecular weight is 218 g/mol. The van der Waals surface area contributed by atoms with Gasteiger partial charge >= 0.3 is 23.7 Å². The Kier molecular flexibility index (Phi) is 66.6. The third-order valence-electron chi connectivity index (χ3n) is 0. The molecule has 0 amide bonds. The van der Waals surface area contributed by atoms with Crippen molar-refractivity contribution in [2.45, 2.75) is 13.8 Å². The smallest absolute Gasteiger partial charge is 0.855 e. The van der Waals surface area contributed by atoms with Gasteiger partial charge in [0.15, 0.2) is 0 Å². The maximum absolute atomic E-state index is 8.93. The molecule has 0 heterocycles. The molecule has 0 atom stereocenters. The van der Waals surface area contributed by atoms with Gasteiger partial charge in [-0.25, -0.2) is 0 Å². The summed E-state index contributed by atoms with van der Waals surface area (Å²) in [6, 6.07) is 0. The summed E-state index contributed by atoms with van der Waals surface area (Å²) in [6.07, 6.45) is 0. The van der Waals surface area contributed by atoms with Gasteiger partial charge in [0.05, 0.1) is 0 Å². The Morgan fingerprint density at radius 3 is 1.00 bits per heavy atom. The molecule has 0 aromatic heterocycles. The number of rotatable bonds is 0. The molecular formula is C4H10O2Te. The van der Waals surface area contributed by atoms with Crippen LogP contribution in [0.4, 0.5) is 0 Å². The molecule has 0 rings (SSSR count). The molecule has 0 aliphatic heterocycles. The number of hydrogen-bond acceptors (Lipinski definition) is 2. The van der Waals surface area contributed by atoms with Crippen molar-refractivity contribution in [2.24, 2.45) is 0 Å². The fraction of sp³-hybridized carbons (Fsp3) is 1.00. The van der Waals surface area contributed by atoms with Crippen LogP contribution in [0, 0.1) is 0 Å². The average Bonchev–Trinajstić information content (AvgIpc) is 1.39. The zero-order chi connectivity index (χ0) is 5.41. The van der Waals surface area contributed by atoms with Crippen LogP contribution >= 0.6 is 0 Å². The Morgan fingerprint density at radius 2 is 1.00 bits per heavy atom. The van der Waals surface area contributed by atoms with Gasteiger partial charge in [-0.05, 0) is 0 Å². The van der Waals surface area contributed by atoms with Crippen molar-refractivity contribution in [3.05, 3.63) is 0 Å². The molecule has 4 radical (unpaired) electrons. The molecule has 0 fully saturated rings. The summed E-state index contributed by atoms with van der Waals surface area (Å²) in [4.78, 5) is 0. The first-order chi connectivity index (χ1) is 2.83. The van der Waals surface area contributed by atoms with Crippen molar-refractivity contribution in [3.8, 4) is 0 Å². The van der Waals surface area contributed by atoms with Crippen molar-refractivity contribution in [1.29, 1.82) is 0 Å². The van der Waals surface area contributed by atoms with Gasteiger partial charge in [-0.3, -0.25) is 0 Å². The first-order valence-electron chi connectivity index (χ1n) is 1.99. The topological polar surface area (TPSA) is 46.1 Å². The van der Waals surface area contributed by atoms with Gasteiger partial charge in [-0.1, -0.05) is 13.8 Å². The van der Waals surface area contributed by atoms with Gasteiger partial charge in [-0.15, -0.1) is 13.2 Å². The van der Waals surface area contributed by atoms with Crippen molar-refractivity contribution >= 4 is 23.7 Å². The molecule has 0 saturated heterocycles. The number of hydrogen-bond donors (Lipinski definition) is 0.